The lowest BCUT2D eigenvalue weighted by molar-refractivity contribution is 1.26. The van der Waals surface area contributed by atoms with Gasteiger partial charge in [0.1, 0.15) is 0 Å². The summed E-state index contributed by atoms with van der Waals surface area (Å²) in [6.07, 6.45) is 6.94. The van der Waals surface area contributed by atoms with Crippen LogP contribution in [0.3, 0.4) is 0 Å². The molecule has 0 amide bonds. The Morgan fingerprint density at radius 1 is 0.432 bits per heavy atom. The van der Waals surface area contributed by atoms with Gasteiger partial charge in [-0.1, -0.05) is 84.9 Å². The van der Waals surface area contributed by atoms with Crippen LogP contribution >= 0.6 is 11.3 Å². The van der Waals surface area contributed by atoms with Crippen LogP contribution in [-0.2, 0) is 6.42 Å². The van der Waals surface area contributed by atoms with Gasteiger partial charge in [0.05, 0.1) is 10.2 Å². The molecule has 204 valence electrons. The van der Waals surface area contributed by atoms with E-state index in [2.05, 4.69) is 120 Å². The third-order valence-electron chi connectivity index (χ3n) is 9.38. The molecule has 2 nitrogen and oxygen atoms in total. The van der Waals surface area contributed by atoms with Gasteiger partial charge in [-0.2, -0.15) is 0 Å². The number of fused-ring (bicyclic) bond motifs is 12. The summed E-state index contributed by atoms with van der Waals surface area (Å²) in [7, 11) is 0. The molecular formula is C41H24N2S. The first-order valence-electron chi connectivity index (χ1n) is 15.0. The Kier molecular flexibility index (Phi) is 4.96. The zero-order valence-electron chi connectivity index (χ0n) is 23.7. The van der Waals surface area contributed by atoms with E-state index in [1.165, 1.54) is 74.9 Å². The van der Waals surface area contributed by atoms with E-state index in [0.29, 0.717) is 0 Å². The van der Waals surface area contributed by atoms with E-state index in [0.717, 1.165) is 28.6 Å². The first-order valence-corrected chi connectivity index (χ1v) is 15.8. The standard InChI is InChI=1S/C41H24N2S/c1-2-8-30-25(7-1)15-26-14-13-24(17-35(26)30)27-16-28(22-42-21-27)29-18-40-41(43-23-29)38-19-36-33-11-5-3-9-31(33)32-10-4-6-12-34(32)37(36)20-39(38)44-40/h1-14,16-23H,15H2. The van der Waals surface area contributed by atoms with Crippen LogP contribution in [0.4, 0.5) is 0 Å². The van der Waals surface area contributed by atoms with Crippen LogP contribution in [0.15, 0.2) is 134 Å². The fourth-order valence-electron chi connectivity index (χ4n) is 7.26. The molecule has 10 rings (SSSR count). The van der Waals surface area contributed by atoms with Gasteiger partial charge in [0.2, 0.25) is 0 Å². The normalized spacial score (nSPS) is 12.5. The van der Waals surface area contributed by atoms with Gasteiger partial charge in [0.25, 0.3) is 0 Å². The minimum Gasteiger partial charge on any atom is -0.263 e. The second kappa shape index (κ2) is 9.06. The van der Waals surface area contributed by atoms with Crippen molar-refractivity contribution in [2.45, 2.75) is 6.42 Å². The first-order chi connectivity index (χ1) is 21.8. The highest BCUT2D eigenvalue weighted by atomic mass is 32.1. The van der Waals surface area contributed by atoms with E-state index in [-0.39, 0.29) is 0 Å². The minimum atomic E-state index is 1.01. The highest BCUT2D eigenvalue weighted by Crippen LogP contribution is 2.43. The maximum absolute atomic E-state index is 5.05. The summed E-state index contributed by atoms with van der Waals surface area (Å²) in [6.45, 7) is 0. The van der Waals surface area contributed by atoms with Crippen molar-refractivity contribution in [2.75, 3.05) is 0 Å². The number of benzene rings is 6. The van der Waals surface area contributed by atoms with Crippen molar-refractivity contribution in [3.63, 3.8) is 0 Å². The molecule has 9 aromatic rings. The predicted octanol–water partition coefficient (Wildman–Crippen LogP) is 11.2. The molecule has 0 saturated heterocycles. The Labute approximate surface area is 257 Å². The molecule has 0 fully saturated rings. The summed E-state index contributed by atoms with van der Waals surface area (Å²) in [5, 5.41) is 8.98. The summed E-state index contributed by atoms with van der Waals surface area (Å²) in [4.78, 5) is 9.72. The molecule has 0 atom stereocenters. The van der Waals surface area contributed by atoms with Crippen molar-refractivity contribution < 1.29 is 0 Å². The van der Waals surface area contributed by atoms with Gasteiger partial charge in [-0.15, -0.1) is 11.3 Å². The predicted molar refractivity (Wildman–Crippen MR) is 187 cm³/mol. The summed E-state index contributed by atoms with van der Waals surface area (Å²) >= 11 is 1.82. The lowest BCUT2D eigenvalue weighted by atomic mass is 9.93. The maximum atomic E-state index is 5.05. The van der Waals surface area contributed by atoms with Crippen LogP contribution in [0.25, 0.3) is 86.0 Å². The molecule has 1 aliphatic rings. The lowest BCUT2D eigenvalue weighted by Crippen LogP contribution is -1.87. The van der Waals surface area contributed by atoms with E-state index in [4.69, 9.17) is 4.98 Å². The topological polar surface area (TPSA) is 25.8 Å². The van der Waals surface area contributed by atoms with Crippen LogP contribution < -0.4 is 0 Å². The highest BCUT2D eigenvalue weighted by molar-refractivity contribution is 7.25. The molecule has 6 aromatic carbocycles. The van der Waals surface area contributed by atoms with Crippen molar-refractivity contribution >= 4 is 64.0 Å². The molecule has 0 saturated carbocycles. The van der Waals surface area contributed by atoms with Crippen molar-refractivity contribution in [2.24, 2.45) is 0 Å². The van der Waals surface area contributed by atoms with Gasteiger partial charge in [-0.05, 0) is 96.9 Å². The third-order valence-corrected chi connectivity index (χ3v) is 10.5. The monoisotopic (exact) mass is 576 g/mol. The van der Waals surface area contributed by atoms with Crippen molar-refractivity contribution in [1.82, 2.24) is 9.97 Å². The van der Waals surface area contributed by atoms with Gasteiger partial charge in [0.15, 0.2) is 0 Å². The Bertz CT molecular complexity index is 2650. The minimum absolute atomic E-state index is 1.01. The van der Waals surface area contributed by atoms with Crippen LogP contribution in [0.2, 0.25) is 0 Å². The van der Waals surface area contributed by atoms with Gasteiger partial charge in [-0.25, -0.2) is 0 Å². The van der Waals surface area contributed by atoms with Crippen LogP contribution in [0, 0.1) is 0 Å². The molecule has 44 heavy (non-hydrogen) atoms. The second-order valence-electron chi connectivity index (χ2n) is 11.8. The molecule has 0 radical (unpaired) electrons. The van der Waals surface area contributed by atoms with Crippen LogP contribution in [0.1, 0.15) is 11.1 Å². The fourth-order valence-corrected chi connectivity index (χ4v) is 8.39. The zero-order chi connectivity index (χ0) is 28.8. The van der Waals surface area contributed by atoms with Gasteiger partial charge in [0, 0.05) is 45.4 Å². The van der Waals surface area contributed by atoms with Crippen LogP contribution in [0.5, 0.6) is 0 Å². The molecule has 0 spiro atoms. The number of thiophene rings is 1. The number of rotatable bonds is 2. The number of pyridine rings is 2. The number of hydrogen-bond acceptors (Lipinski definition) is 3. The zero-order valence-corrected chi connectivity index (χ0v) is 24.5. The summed E-state index contributed by atoms with van der Waals surface area (Å²) in [6, 6.07) is 42.4. The lowest BCUT2D eigenvalue weighted by Gasteiger charge is -2.10. The molecule has 3 aromatic heterocycles. The number of nitrogens with zero attached hydrogens (tertiary/aromatic N) is 2. The number of hydrogen-bond donors (Lipinski definition) is 0. The van der Waals surface area contributed by atoms with Crippen molar-refractivity contribution in [3.05, 3.63) is 145 Å². The summed E-state index contributed by atoms with van der Waals surface area (Å²) < 4.78 is 2.46. The van der Waals surface area contributed by atoms with Crippen molar-refractivity contribution in [3.8, 4) is 33.4 Å². The maximum Gasteiger partial charge on any atom is 0.0889 e. The van der Waals surface area contributed by atoms with Gasteiger partial charge in [-0.3, -0.25) is 9.97 Å². The summed E-state index contributed by atoms with van der Waals surface area (Å²) in [5.74, 6) is 0. The Hall–Kier alpha value is -5.38. The third kappa shape index (κ3) is 3.48. The molecule has 1 aliphatic carbocycles. The van der Waals surface area contributed by atoms with Crippen LogP contribution in [-0.4, -0.2) is 9.97 Å². The van der Waals surface area contributed by atoms with E-state index in [1.807, 2.05) is 29.9 Å². The SMILES string of the molecule is c1ccc2c(c1)Cc1ccc(-c3cncc(-c4cnc5c(c4)sc4cc6c7ccccc7c7ccccc7c6cc45)c3)cc1-2. The molecule has 3 heterocycles. The molecule has 0 N–H and O–H groups in total. The van der Waals surface area contributed by atoms with Crippen molar-refractivity contribution in [1.29, 1.82) is 0 Å². The van der Waals surface area contributed by atoms with E-state index < -0.39 is 0 Å². The molecule has 3 heteroatoms. The smallest absolute Gasteiger partial charge is 0.0889 e. The molecular weight excluding hydrogens is 553 g/mol. The second-order valence-corrected chi connectivity index (χ2v) is 12.9. The van der Waals surface area contributed by atoms with E-state index in [9.17, 15) is 0 Å². The quantitative estimate of drug-likeness (QED) is 0.191. The average Bonchev–Trinajstić information content (AvgIpc) is 3.64. The van der Waals surface area contributed by atoms with Gasteiger partial charge < -0.3 is 0 Å². The molecule has 0 aliphatic heterocycles. The Morgan fingerprint density at radius 2 is 1.07 bits per heavy atom. The van der Waals surface area contributed by atoms with E-state index in [1.54, 1.807) is 0 Å². The summed E-state index contributed by atoms with van der Waals surface area (Å²) in [5.41, 5.74) is 11.0. The van der Waals surface area contributed by atoms with Gasteiger partial charge >= 0.3 is 0 Å². The fraction of sp³-hybridized carbons (Fsp3) is 0.0244. The highest BCUT2D eigenvalue weighted by Gasteiger charge is 2.19. The molecule has 0 bridgehead atoms. The average molecular weight is 577 g/mol. The molecule has 0 unspecified atom stereocenters. The first kappa shape index (κ1) is 24.1. The number of aromatic nitrogens is 2. The Morgan fingerprint density at radius 3 is 1.86 bits per heavy atom. The van der Waals surface area contributed by atoms with E-state index >= 15 is 0 Å². The Balaban J connectivity index is 1.11. The largest absolute Gasteiger partial charge is 0.263 e.